The molecule has 0 radical (unpaired) electrons. The lowest BCUT2D eigenvalue weighted by molar-refractivity contribution is -0.131. The normalized spacial score (nSPS) is 10.7. The molecule has 0 aliphatic carbocycles. The zero-order valence-corrected chi connectivity index (χ0v) is 12.4. The van der Waals surface area contributed by atoms with Gasteiger partial charge in [-0.25, -0.2) is 4.79 Å². The van der Waals surface area contributed by atoms with Crippen LogP contribution in [0.5, 0.6) is 0 Å². The van der Waals surface area contributed by atoms with E-state index >= 15 is 0 Å². The first-order chi connectivity index (χ1) is 10.1. The Morgan fingerprint density at radius 3 is 2.52 bits per heavy atom. The number of rotatable bonds is 5. The molecule has 2 N–H and O–H groups in total. The van der Waals surface area contributed by atoms with E-state index in [1.807, 2.05) is 12.1 Å². The van der Waals surface area contributed by atoms with Crippen molar-refractivity contribution in [3.05, 3.63) is 62.8 Å². The van der Waals surface area contributed by atoms with Crippen LogP contribution in [0.2, 0.25) is 5.02 Å². The molecule has 0 atom stereocenters. The van der Waals surface area contributed by atoms with Gasteiger partial charge in [0.25, 0.3) is 5.91 Å². The second kappa shape index (κ2) is 7.06. The van der Waals surface area contributed by atoms with Gasteiger partial charge in [-0.15, -0.1) is 11.3 Å². The van der Waals surface area contributed by atoms with E-state index in [9.17, 15) is 9.59 Å². The fourth-order valence-corrected chi connectivity index (χ4v) is 2.69. The predicted molar refractivity (Wildman–Crippen MR) is 83.6 cm³/mol. The Morgan fingerprint density at radius 2 is 1.95 bits per heavy atom. The summed E-state index contributed by atoms with van der Waals surface area (Å²) in [6.07, 6.45) is 2.59. The van der Waals surface area contributed by atoms with Crippen molar-refractivity contribution < 1.29 is 14.7 Å². The molecular weight excluding hydrogens is 310 g/mol. The van der Waals surface area contributed by atoms with E-state index < -0.39 is 5.97 Å². The summed E-state index contributed by atoms with van der Waals surface area (Å²) in [4.78, 5) is 22.8. The van der Waals surface area contributed by atoms with E-state index in [1.54, 1.807) is 23.6 Å². The molecule has 0 aliphatic rings. The molecule has 1 heterocycles. The number of thiophene rings is 1. The Labute approximate surface area is 130 Å². The molecule has 0 unspecified atom stereocenters. The van der Waals surface area contributed by atoms with Gasteiger partial charge < -0.3 is 10.4 Å². The summed E-state index contributed by atoms with van der Waals surface area (Å²) >= 11 is 7.19. The Morgan fingerprint density at radius 1 is 1.24 bits per heavy atom. The van der Waals surface area contributed by atoms with Crippen LogP contribution < -0.4 is 5.32 Å². The SMILES string of the molecule is O=C(O)/C=C/c1ccc(CNC(=O)c2sccc2Cl)cc1. The average Bonchev–Trinajstić information content (AvgIpc) is 2.90. The Hall–Kier alpha value is -2.11. The largest absolute Gasteiger partial charge is 0.478 e. The maximum atomic E-state index is 11.9. The third kappa shape index (κ3) is 4.44. The maximum absolute atomic E-state index is 11.9. The second-order valence-electron chi connectivity index (χ2n) is 4.19. The smallest absolute Gasteiger partial charge is 0.328 e. The van der Waals surface area contributed by atoms with Crippen molar-refractivity contribution in [2.45, 2.75) is 6.54 Å². The first kappa shape index (κ1) is 15.3. The Balaban J connectivity index is 1.93. The number of benzene rings is 1. The predicted octanol–water partition coefficient (Wildman–Crippen LogP) is 3.43. The molecule has 0 fully saturated rings. The Kier molecular flexibility index (Phi) is 5.14. The molecule has 2 aromatic rings. The minimum atomic E-state index is -0.987. The van der Waals surface area contributed by atoms with E-state index in [4.69, 9.17) is 16.7 Å². The van der Waals surface area contributed by atoms with Gasteiger partial charge >= 0.3 is 5.97 Å². The highest BCUT2D eigenvalue weighted by Crippen LogP contribution is 2.21. The average molecular weight is 322 g/mol. The van der Waals surface area contributed by atoms with Crippen molar-refractivity contribution in [3.8, 4) is 0 Å². The lowest BCUT2D eigenvalue weighted by Gasteiger charge is -2.05. The van der Waals surface area contributed by atoms with Gasteiger partial charge in [-0.05, 0) is 28.6 Å². The summed E-state index contributed by atoms with van der Waals surface area (Å²) in [6.45, 7) is 0.385. The van der Waals surface area contributed by atoms with Gasteiger partial charge in [0.05, 0.1) is 5.02 Å². The van der Waals surface area contributed by atoms with Gasteiger partial charge in [-0.2, -0.15) is 0 Å². The summed E-state index contributed by atoms with van der Waals surface area (Å²) in [7, 11) is 0. The van der Waals surface area contributed by atoms with E-state index in [2.05, 4.69) is 5.32 Å². The standard InChI is InChI=1S/C15H12ClNO3S/c16-12-7-8-21-14(12)15(20)17-9-11-3-1-10(2-4-11)5-6-13(18)19/h1-8H,9H2,(H,17,20)(H,18,19)/b6-5+. The van der Waals surface area contributed by atoms with E-state index in [-0.39, 0.29) is 5.91 Å². The zero-order valence-electron chi connectivity index (χ0n) is 10.9. The minimum Gasteiger partial charge on any atom is -0.478 e. The fraction of sp³-hybridized carbons (Fsp3) is 0.0667. The van der Waals surface area contributed by atoms with E-state index in [0.717, 1.165) is 17.2 Å². The number of hydrogen-bond acceptors (Lipinski definition) is 3. The summed E-state index contributed by atoms with van der Waals surface area (Å²) in [5.74, 6) is -1.19. The molecule has 2 rings (SSSR count). The molecule has 0 saturated heterocycles. The second-order valence-corrected chi connectivity index (χ2v) is 5.52. The van der Waals surface area contributed by atoms with Gasteiger partial charge in [0.15, 0.2) is 0 Å². The van der Waals surface area contributed by atoms with Gasteiger partial charge in [0, 0.05) is 12.6 Å². The first-order valence-corrected chi connectivity index (χ1v) is 7.33. The molecule has 1 aromatic heterocycles. The molecule has 0 bridgehead atoms. The maximum Gasteiger partial charge on any atom is 0.328 e. The number of aliphatic carboxylic acids is 1. The summed E-state index contributed by atoms with van der Waals surface area (Å²) in [5.41, 5.74) is 1.71. The van der Waals surface area contributed by atoms with Crippen molar-refractivity contribution in [1.82, 2.24) is 5.32 Å². The summed E-state index contributed by atoms with van der Waals surface area (Å²) in [6, 6.07) is 8.93. The van der Waals surface area contributed by atoms with E-state index in [1.165, 1.54) is 17.4 Å². The van der Waals surface area contributed by atoms with Crippen LogP contribution in [0.25, 0.3) is 6.08 Å². The molecule has 0 aliphatic heterocycles. The number of carboxylic acids is 1. The van der Waals surface area contributed by atoms with Gasteiger partial charge in [-0.3, -0.25) is 4.79 Å². The number of carbonyl (C=O) groups is 2. The van der Waals surface area contributed by atoms with Crippen LogP contribution in [-0.4, -0.2) is 17.0 Å². The zero-order chi connectivity index (χ0) is 15.2. The molecule has 108 valence electrons. The van der Waals surface area contributed by atoms with Crippen molar-refractivity contribution in [3.63, 3.8) is 0 Å². The van der Waals surface area contributed by atoms with Gasteiger partial charge in [0.2, 0.25) is 0 Å². The van der Waals surface area contributed by atoms with Crippen LogP contribution in [0.1, 0.15) is 20.8 Å². The molecule has 0 saturated carbocycles. The third-order valence-corrected chi connectivity index (χ3v) is 4.01. The van der Waals surface area contributed by atoms with Crippen molar-refractivity contribution in [1.29, 1.82) is 0 Å². The number of amides is 1. The molecule has 21 heavy (non-hydrogen) atoms. The lowest BCUT2D eigenvalue weighted by atomic mass is 10.1. The van der Waals surface area contributed by atoms with Gasteiger partial charge in [-0.1, -0.05) is 35.9 Å². The monoisotopic (exact) mass is 321 g/mol. The van der Waals surface area contributed by atoms with Crippen LogP contribution in [-0.2, 0) is 11.3 Å². The molecule has 0 spiro atoms. The molecule has 4 nitrogen and oxygen atoms in total. The number of carboxylic acid groups (broad SMARTS) is 1. The van der Waals surface area contributed by atoms with Crippen molar-refractivity contribution in [2.24, 2.45) is 0 Å². The van der Waals surface area contributed by atoms with E-state index in [0.29, 0.717) is 16.4 Å². The van der Waals surface area contributed by atoms with Crippen molar-refractivity contribution in [2.75, 3.05) is 0 Å². The van der Waals surface area contributed by atoms with Gasteiger partial charge in [0.1, 0.15) is 4.88 Å². The number of carbonyl (C=O) groups excluding carboxylic acids is 1. The highest BCUT2D eigenvalue weighted by molar-refractivity contribution is 7.12. The van der Waals surface area contributed by atoms with Crippen LogP contribution in [0, 0.1) is 0 Å². The Bertz CT molecular complexity index is 676. The first-order valence-electron chi connectivity index (χ1n) is 6.07. The van der Waals surface area contributed by atoms with Crippen LogP contribution in [0.3, 0.4) is 0 Å². The number of hydrogen-bond donors (Lipinski definition) is 2. The topological polar surface area (TPSA) is 66.4 Å². The number of nitrogens with one attached hydrogen (secondary N) is 1. The molecule has 6 heteroatoms. The highest BCUT2D eigenvalue weighted by Gasteiger charge is 2.10. The lowest BCUT2D eigenvalue weighted by Crippen LogP contribution is -2.22. The highest BCUT2D eigenvalue weighted by atomic mass is 35.5. The summed E-state index contributed by atoms with van der Waals surface area (Å²) in [5, 5.41) is 13.5. The van der Waals surface area contributed by atoms with Crippen LogP contribution in [0.4, 0.5) is 0 Å². The van der Waals surface area contributed by atoms with Crippen LogP contribution >= 0.6 is 22.9 Å². The van der Waals surface area contributed by atoms with Crippen LogP contribution in [0.15, 0.2) is 41.8 Å². The molecule has 1 amide bonds. The molecular formula is C15H12ClNO3S. The summed E-state index contributed by atoms with van der Waals surface area (Å²) < 4.78 is 0. The minimum absolute atomic E-state index is 0.204. The number of halogens is 1. The van der Waals surface area contributed by atoms with Crippen molar-refractivity contribution >= 4 is 40.9 Å². The third-order valence-electron chi connectivity index (χ3n) is 2.67. The fourth-order valence-electron chi connectivity index (χ4n) is 1.63. The molecule has 1 aromatic carbocycles. The quantitative estimate of drug-likeness (QED) is 0.829.